The van der Waals surface area contributed by atoms with Crippen molar-refractivity contribution >= 4 is 17.5 Å². The zero-order valence-corrected chi connectivity index (χ0v) is 18.1. The van der Waals surface area contributed by atoms with Crippen LogP contribution in [-0.4, -0.2) is 25.8 Å². The molecule has 0 radical (unpaired) electrons. The topological polar surface area (TPSA) is 80.0 Å². The maximum absolute atomic E-state index is 14.1. The molecule has 0 amide bonds. The number of nitrogens with zero attached hydrogens (tertiary/aromatic N) is 3. The van der Waals surface area contributed by atoms with Crippen LogP contribution >= 0.6 is 0 Å². The quantitative estimate of drug-likeness (QED) is 0.410. The Balaban J connectivity index is 2.00. The van der Waals surface area contributed by atoms with Crippen LogP contribution in [0.3, 0.4) is 0 Å². The van der Waals surface area contributed by atoms with Gasteiger partial charge in [-0.3, -0.25) is 0 Å². The van der Waals surface area contributed by atoms with Gasteiger partial charge in [-0.15, -0.1) is 0 Å². The minimum Gasteiger partial charge on any atom is -0.478 e. The molecule has 2 aromatic carbocycles. The van der Waals surface area contributed by atoms with E-state index in [1.54, 1.807) is 29.1 Å². The van der Waals surface area contributed by atoms with Gasteiger partial charge in [-0.05, 0) is 61.7 Å². The molecule has 0 aliphatic carbocycles. The number of carbonyl (C=O) groups is 1. The van der Waals surface area contributed by atoms with Gasteiger partial charge < -0.3 is 10.4 Å². The van der Waals surface area contributed by atoms with Gasteiger partial charge in [-0.25, -0.2) is 14.2 Å². The lowest BCUT2D eigenvalue weighted by molar-refractivity contribution is 0.0698. The molecule has 6 nitrogen and oxygen atoms in total. The van der Waals surface area contributed by atoms with Gasteiger partial charge >= 0.3 is 5.97 Å². The molecule has 0 bridgehead atoms. The van der Waals surface area contributed by atoms with E-state index in [1.807, 2.05) is 45.0 Å². The van der Waals surface area contributed by atoms with E-state index in [9.17, 15) is 14.3 Å². The molecule has 0 aliphatic rings. The second-order valence-corrected chi connectivity index (χ2v) is 7.57. The van der Waals surface area contributed by atoms with Crippen LogP contribution in [0.25, 0.3) is 16.9 Å². The highest BCUT2D eigenvalue weighted by molar-refractivity contribution is 5.96. The Morgan fingerprint density at radius 3 is 2.62 bits per heavy atom. The van der Waals surface area contributed by atoms with Crippen LogP contribution in [0.4, 0.5) is 15.9 Å². The average molecular weight is 430 g/mol. The van der Waals surface area contributed by atoms with Crippen molar-refractivity contribution in [3.05, 3.63) is 89.0 Å². The molecule has 32 heavy (non-hydrogen) atoms. The Hall–Kier alpha value is -4.00. The van der Waals surface area contributed by atoms with Crippen molar-refractivity contribution in [2.75, 3.05) is 5.32 Å². The fourth-order valence-corrected chi connectivity index (χ4v) is 3.70. The summed E-state index contributed by atoms with van der Waals surface area (Å²) in [4.78, 5) is 16.4. The highest BCUT2D eigenvalue weighted by atomic mass is 19.1. The monoisotopic (exact) mass is 430 g/mol. The molecule has 4 rings (SSSR count). The van der Waals surface area contributed by atoms with Crippen molar-refractivity contribution in [1.82, 2.24) is 14.8 Å². The molecule has 2 aromatic heterocycles. The summed E-state index contributed by atoms with van der Waals surface area (Å²) in [5.41, 5.74) is 4.38. The molecule has 0 unspecified atom stereocenters. The van der Waals surface area contributed by atoms with E-state index in [-0.39, 0.29) is 11.4 Å². The summed E-state index contributed by atoms with van der Waals surface area (Å²) in [6, 6.07) is 15.2. The molecule has 0 saturated carbocycles. The third-order valence-corrected chi connectivity index (χ3v) is 5.25. The zero-order chi connectivity index (χ0) is 22.8. The minimum absolute atomic E-state index is 0.138. The summed E-state index contributed by atoms with van der Waals surface area (Å²) in [7, 11) is 0. The van der Waals surface area contributed by atoms with Crippen molar-refractivity contribution in [3.8, 4) is 16.9 Å². The van der Waals surface area contributed by atoms with E-state index >= 15 is 0 Å². The third-order valence-electron chi connectivity index (χ3n) is 5.25. The standard InChI is InChI=1S/C25H23FN4O2/c1-4-20-22(17-8-5-9-18(26)14-17)24(30(29-20)23-16(3)7-6-12-27-23)28-21-11-10-15(2)13-19(21)25(31)32/h5-14,28H,4H2,1-3H3,(H,31,32). The lowest BCUT2D eigenvalue weighted by atomic mass is 10.0. The van der Waals surface area contributed by atoms with Crippen LogP contribution in [0.15, 0.2) is 60.8 Å². The molecule has 0 aliphatic heterocycles. The summed E-state index contributed by atoms with van der Waals surface area (Å²) < 4.78 is 15.8. The highest BCUT2D eigenvalue weighted by Crippen LogP contribution is 2.37. The molecular weight excluding hydrogens is 407 g/mol. The van der Waals surface area contributed by atoms with Crippen molar-refractivity contribution in [2.24, 2.45) is 0 Å². The number of hydrogen-bond donors (Lipinski definition) is 2. The highest BCUT2D eigenvalue weighted by Gasteiger charge is 2.23. The van der Waals surface area contributed by atoms with Crippen molar-refractivity contribution in [2.45, 2.75) is 27.2 Å². The summed E-state index contributed by atoms with van der Waals surface area (Å²) in [6.07, 6.45) is 2.27. The Morgan fingerprint density at radius 2 is 1.94 bits per heavy atom. The third kappa shape index (κ3) is 3.97. The van der Waals surface area contributed by atoms with Crippen LogP contribution < -0.4 is 5.32 Å². The van der Waals surface area contributed by atoms with E-state index in [0.29, 0.717) is 34.9 Å². The molecule has 162 valence electrons. The molecular formula is C25H23FN4O2. The van der Waals surface area contributed by atoms with Gasteiger partial charge in [-0.2, -0.15) is 9.78 Å². The number of aromatic carboxylic acids is 1. The number of rotatable bonds is 6. The van der Waals surface area contributed by atoms with Crippen LogP contribution in [0.5, 0.6) is 0 Å². The lowest BCUT2D eigenvalue weighted by Gasteiger charge is -2.15. The molecule has 7 heteroatoms. The Kier molecular flexibility index (Phi) is 5.73. The second kappa shape index (κ2) is 8.63. The van der Waals surface area contributed by atoms with Crippen molar-refractivity contribution in [1.29, 1.82) is 0 Å². The molecule has 2 heterocycles. The fraction of sp³-hybridized carbons (Fsp3) is 0.160. The van der Waals surface area contributed by atoms with E-state index < -0.39 is 5.97 Å². The van der Waals surface area contributed by atoms with Gasteiger partial charge in [0.1, 0.15) is 11.6 Å². The number of benzene rings is 2. The molecule has 0 spiro atoms. The number of carboxylic acids is 1. The average Bonchev–Trinajstić information content (AvgIpc) is 3.13. The van der Waals surface area contributed by atoms with Crippen LogP contribution in [0, 0.1) is 19.7 Å². The van der Waals surface area contributed by atoms with Crippen molar-refractivity contribution < 1.29 is 14.3 Å². The van der Waals surface area contributed by atoms with E-state index in [0.717, 1.165) is 16.8 Å². The Bertz CT molecular complexity index is 1310. The number of aromatic nitrogens is 3. The molecule has 0 saturated heterocycles. The van der Waals surface area contributed by atoms with Crippen LogP contribution in [0.2, 0.25) is 0 Å². The van der Waals surface area contributed by atoms with Crippen LogP contribution in [-0.2, 0) is 6.42 Å². The molecule has 2 N–H and O–H groups in total. The largest absolute Gasteiger partial charge is 0.478 e. The Labute approximate surface area is 185 Å². The fourth-order valence-electron chi connectivity index (χ4n) is 3.70. The number of aryl methyl sites for hydroxylation is 3. The maximum atomic E-state index is 14.1. The van der Waals surface area contributed by atoms with Gasteiger partial charge in [0.05, 0.1) is 16.9 Å². The molecule has 0 atom stereocenters. The predicted molar refractivity (Wildman–Crippen MR) is 122 cm³/mol. The van der Waals surface area contributed by atoms with E-state index in [1.165, 1.54) is 12.1 Å². The number of carboxylic acid groups (broad SMARTS) is 1. The first-order chi connectivity index (χ1) is 15.4. The minimum atomic E-state index is -1.04. The zero-order valence-electron chi connectivity index (χ0n) is 18.1. The summed E-state index contributed by atoms with van der Waals surface area (Å²) >= 11 is 0. The number of hydrogen-bond acceptors (Lipinski definition) is 4. The van der Waals surface area contributed by atoms with Gasteiger partial charge in [0.15, 0.2) is 5.82 Å². The molecule has 4 aromatic rings. The normalized spacial score (nSPS) is 10.9. The first-order valence-corrected chi connectivity index (χ1v) is 10.3. The van der Waals surface area contributed by atoms with Gasteiger partial charge in [0.2, 0.25) is 0 Å². The number of pyridine rings is 1. The maximum Gasteiger partial charge on any atom is 0.337 e. The smallest absolute Gasteiger partial charge is 0.337 e. The first-order valence-electron chi connectivity index (χ1n) is 10.3. The van der Waals surface area contributed by atoms with E-state index in [4.69, 9.17) is 5.10 Å². The summed E-state index contributed by atoms with van der Waals surface area (Å²) in [6.45, 7) is 5.74. The first kappa shape index (κ1) is 21.2. The number of anilines is 2. The summed E-state index contributed by atoms with van der Waals surface area (Å²) in [5.74, 6) is -0.268. The Morgan fingerprint density at radius 1 is 1.12 bits per heavy atom. The van der Waals surface area contributed by atoms with Crippen LogP contribution in [0.1, 0.15) is 34.1 Å². The molecule has 0 fully saturated rings. The second-order valence-electron chi connectivity index (χ2n) is 7.57. The van der Waals surface area contributed by atoms with Gasteiger partial charge in [0, 0.05) is 11.8 Å². The van der Waals surface area contributed by atoms with Gasteiger partial charge in [-0.1, -0.05) is 36.8 Å². The lowest BCUT2D eigenvalue weighted by Crippen LogP contribution is -2.09. The SMILES string of the molecule is CCc1nn(-c2ncccc2C)c(Nc2ccc(C)cc2C(=O)O)c1-c1cccc(F)c1. The predicted octanol–water partition coefficient (Wildman–Crippen LogP) is 5.69. The van der Waals surface area contributed by atoms with Gasteiger partial charge in [0.25, 0.3) is 0 Å². The number of nitrogens with one attached hydrogen (secondary N) is 1. The van der Waals surface area contributed by atoms with E-state index in [2.05, 4.69) is 10.3 Å². The summed E-state index contributed by atoms with van der Waals surface area (Å²) in [5, 5.41) is 17.8. The number of halogens is 1. The van der Waals surface area contributed by atoms with Crippen molar-refractivity contribution in [3.63, 3.8) is 0 Å².